The Morgan fingerprint density at radius 3 is 2.46 bits per heavy atom. The normalized spacial score (nSPS) is 12.6. The van der Waals surface area contributed by atoms with Crippen LogP contribution in [0.2, 0.25) is 0 Å². The molecule has 28 heavy (non-hydrogen) atoms. The first-order chi connectivity index (χ1) is 13.2. The molecule has 1 N–H and O–H groups in total. The van der Waals surface area contributed by atoms with Gasteiger partial charge in [-0.1, -0.05) is 34.1 Å². The van der Waals surface area contributed by atoms with Crippen LogP contribution in [0.3, 0.4) is 0 Å². The monoisotopic (exact) mass is 467 g/mol. The van der Waals surface area contributed by atoms with Gasteiger partial charge in [0.1, 0.15) is 11.8 Å². The maximum Gasteiger partial charge on any atom is 0.263 e. The smallest absolute Gasteiger partial charge is 0.263 e. The summed E-state index contributed by atoms with van der Waals surface area (Å²) in [5.74, 6) is 0.0671. The van der Waals surface area contributed by atoms with Crippen LogP contribution in [-0.4, -0.2) is 39.4 Å². The number of hydrogen-bond donors (Lipinski definition) is 1. The molecule has 9 heteroatoms. The van der Waals surface area contributed by atoms with E-state index in [1.807, 2.05) is 31.2 Å². The number of amides is 1. The molecular weight excluding hydrogens is 446 g/mol. The van der Waals surface area contributed by atoms with Gasteiger partial charge in [0.2, 0.25) is 10.0 Å². The molecule has 150 valence electrons. The zero-order chi connectivity index (χ0) is 20.7. The maximum absolute atomic E-state index is 12.5. The Bertz CT molecular complexity index is 946. The van der Waals surface area contributed by atoms with Crippen molar-refractivity contribution < 1.29 is 17.9 Å². The lowest BCUT2D eigenvalue weighted by molar-refractivity contribution is -0.121. The summed E-state index contributed by atoms with van der Waals surface area (Å²) in [7, 11) is -3.70. The molecule has 0 aliphatic carbocycles. The fourth-order valence-electron chi connectivity index (χ4n) is 2.50. The number of nitrogens with one attached hydrogen (secondary N) is 1. The third-order valence-electron chi connectivity index (χ3n) is 3.77. The van der Waals surface area contributed by atoms with E-state index in [1.165, 1.54) is 13.1 Å². The van der Waals surface area contributed by atoms with Gasteiger partial charge in [0.05, 0.1) is 24.8 Å². The van der Waals surface area contributed by atoms with Gasteiger partial charge in [-0.05, 0) is 44.2 Å². The van der Waals surface area contributed by atoms with Crippen LogP contribution < -0.4 is 14.5 Å². The number of halogens is 1. The van der Waals surface area contributed by atoms with E-state index < -0.39 is 22.0 Å². The van der Waals surface area contributed by atoms with Crippen molar-refractivity contribution in [2.45, 2.75) is 19.9 Å². The summed E-state index contributed by atoms with van der Waals surface area (Å²) in [4.78, 5) is 12.5. The van der Waals surface area contributed by atoms with Gasteiger partial charge >= 0.3 is 0 Å². The number of sulfonamides is 1. The number of anilines is 1. The van der Waals surface area contributed by atoms with Gasteiger partial charge in [0.15, 0.2) is 0 Å². The van der Waals surface area contributed by atoms with Gasteiger partial charge in [0.25, 0.3) is 5.91 Å². The van der Waals surface area contributed by atoms with Gasteiger partial charge in [0, 0.05) is 10.0 Å². The first-order valence-electron chi connectivity index (χ1n) is 8.53. The van der Waals surface area contributed by atoms with Gasteiger partial charge in [-0.25, -0.2) is 13.8 Å². The maximum atomic E-state index is 12.5. The first-order valence-corrected chi connectivity index (χ1v) is 11.2. The highest BCUT2D eigenvalue weighted by Crippen LogP contribution is 2.24. The highest BCUT2D eigenvalue weighted by Gasteiger charge is 2.29. The third kappa shape index (κ3) is 5.80. The number of ether oxygens (including phenoxy) is 1. The van der Waals surface area contributed by atoms with Crippen molar-refractivity contribution >= 4 is 43.8 Å². The number of hydrogen-bond acceptors (Lipinski definition) is 5. The Morgan fingerprint density at radius 1 is 1.25 bits per heavy atom. The Hall–Kier alpha value is -2.39. The highest BCUT2D eigenvalue weighted by molar-refractivity contribution is 9.10. The van der Waals surface area contributed by atoms with Crippen LogP contribution in [0.4, 0.5) is 5.69 Å². The summed E-state index contributed by atoms with van der Waals surface area (Å²) in [6, 6.07) is 12.9. The van der Waals surface area contributed by atoms with E-state index in [2.05, 4.69) is 26.5 Å². The van der Waals surface area contributed by atoms with Crippen LogP contribution in [0.1, 0.15) is 19.4 Å². The molecule has 0 radical (unpaired) electrons. The minimum atomic E-state index is -3.70. The average Bonchev–Trinajstić information content (AvgIpc) is 2.64. The second-order valence-electron chi connectivity index (χ2n) is 5.92. The number of rotatable bonds is 8. The average molecular weight is 468 g/mol. The lowest BCUT2D eigenvalue weighted by Gasteiger charge is -2.27. The van der Waals surface area contributed by atoms with E-state index in [0.29, 0.717) is 18.0 Å². The molecule has 2 aromatic rings. The van der Waals surface area contributed by atoms with E-state index in [-0.39, 0.29) is 0 Å². The number of hydrazone groups is 1. The van der Waals surface area contributed by atoms with Crippen molar-refractivity contribution in [3.05, 3.63) is 58.6 Å². The Balaban J connectivity index is 2.17. The molecule has 0 unspecified atom stereocenters. The minimum Gasteiger partial charge on any atom is -0.494 e. The zero-order valence-electron chi connectivity index (χ0n) is 15.8. The molecule has 0 fully saturated rings. The predicted octanol–water partition coefficient (Wildman–Crippen LogP) is 3.15. The van der Waals surface area contributed by atoms with E-state index in [0.717, 1.165) is 20.6 Å². The standard InChI is InChI=1S/C19H22BrN3O4S/c1-4-27-17-11-9-16(10-12-17)23(28(3,25)26)14(2)19(24)22-21-13-15-7-5-6-8-18(15)20/h5-14H,4H2,1-3H3,(H,22,24)/b21-13-/t14-/m1/s1. The summed E-state index contributed by atoms with van der Waals surface area (Å²) >= 11 is 3.39. The quantitative estimate of drug-likeness (QED) is 0.476. The summed E-state index contributed by atoms with van der Waals surface area (Å²) in [5.41, 5.74) is 3.53. The van der Waals surface area contributed by atoms with Crippen molar-refractivity contribution in [1.29, 1.82) is 0 Å². The zero-order valence-corrected chi connectivity index (χ0v) is 18.2. The van der Waals surface area contributed by atoms with Gasteiger partial charge in [-0.2, -0.15) is 5.10 Å². The largest absolute Gasteiger partial charge is 0.494 e. The van der Waals surface area contributed by atoms with E-state index in [9.17, 15) is 13.2 Å². The van der Waals surface area contributed by atoms with Crippen molar-refractivity contribution in [1.82, 2.24) is 5.43 Å². The molecular formula is C19H22BrN3O4S. The Kier molecular flexibility index (Phi) is 7.59. The SMILES string of the molecule is CCOc1ccc(N([C@H](C)C(=O)N/N=C\c2ccccc2Br)S(C)(=O)=O)cc1. The molecule has 1 atom stereocenters. The molecule has 0 bridgehead atoms. The van der Waals surface area contributed by atoms with Gasteiger partial charge in [-0.15, -0.1) is 0 Å². The van der Waals surface area contributed by atoms with E-state index in [4.69, 9.17) is 4.74 Å². The summed E-state index contributed by atoms with van der Waals surface area (Å²) in [5, 5.41) is 3.92. The molecule has 0 aromatic heterocycles. The highest BCUT2D eigenvalue weighted by atomic mass is 79.9. The molecule has 0 aliphatic rings. The number of carbonyl (C=O) groups excluding carboxylic acids is 1. The van der Waals surface area contributed by atoms with Crippen LogP contribution in [0.25, 0.3) is 0 Å². The molecule has 0 aliphatic heterocycles. The molecule has 2 aromatic carbocycles. The van der Waals surface area contributed by atoms with Crippen molar-refractivity contribution in [3.8, 4) is 5.75 Å². The summed E-state index contributed by atoms with van der Waals surface area (Å²) in [6.45, 7) is 3.86. The fourth-order valence-corrected chi connectivity index (χ4v) is 4.07. The number of carbonyl (C=O) groups is 1. The van der Waals surface area contributed by atoms with E-state index >= 15 is 0 Å². The lowest BCUT2D eigenvalue weighted by atomic mass is 10.2. The van der Waals surface area contributed by atoms with Crippen LogP contribution in [-0.2, 0) is 14.8 Å². The van der Waals surface area contributed by atoms with Crippen LogP contribution >= 0.6 is 15.9 Å². The third-order valence-corrected chi connectivity index (χ3v) is 5.74. The first kappa shape index (κ1) is 21.9. The van der Waals surface area contributed by atoms with Crippen molar-refractivity contribution in [2.24, 2.45) is 5.10 Å². The predicted molar refractivity (Wildman–Crippen MR) is 114 cm³/mol. The second-order valence-corrected chi connectivity index (χ2v) is 8.63. The second kappa shape index (κ2) is 9.70. The van der Waals surface area contributed by atoms with Crippen molar-refractivity contribution in [2.75, 3.05) is 17.2 Å². The topological polar surface area (TPSA) is 88.1 Å². The Morgan fingerprint density at radius 2 is 1.89 bits per heavy atom. The molecule has 0 spiro atoms. The molecule has 7 nitrogen and oxygen atoms in total. The number of benzene rings is 2. The van der Waals surface area contributed by atoms with Gasteiger partial charge < -0.3 is 4.74 Å². The lowest BCUT2D eigenvalue weighted by Crippen LogP contribution is -2.46. The molecule has 1 amide bonds. The molecule has 2 rings (SSSR count). The summed E-state index contributed by atoms with van der Waals surface area (Å²) < 4.78 is 31.8. The minimum absolute atomic E-state index is 0.364. The van der Waals surface area contributed by atoms with Crippen LogP contribution in [0.15, 0.2) is 58.1 Å². The van der Waals surface area contributed by atoms with Crippen molar-refractivity contribution in [3.63, 3.8) is 0 Å². The van der Waals surface area contributed by atoms with Gasteiger partial charge in [-0.3, -0.25) is 9.10 Å². The van der Waals surface area contributed by atoms with E-state index in [1.54, 1.807) is 24.3 Å². The van der Waals surface area contributed by atoms with Crippen LogP contribution in [0, 0.1) is 0 Å². The number of nitrogens with zero attached hydrogens (tertiary/aromatic N) is 2. The molecule has 0 saturated heterocycles. The van der Waals surface area contributed by atoms with Crippen LogP contribution in [0.5, 0.6) is 5.75 Å². The summed E-state index contributed by atoms with van der Waals surface area (Å²) in [6.07, 6.45) is 2.54. The molecule has 0 heterocycles. The fraction of sp³-hybridized carbons (Fsp3) is 0.263. The molecule has 0 saturated carbocycles. The Labute approximate surface area is 173 Å².